The minimum absolute atomic E-state index is 0.407. The molecule has 6 aliphatic rings. The topological polar surface area (TPSA) is 12.4 Å². The Hall–Kier alpha value is -0.850. The fourth-order valence-electron chi connectivity index (χ4n) is 9.09. The molecule has 0 aromatic rings. The number of nitrogens with zero attached hydrogens (tertiary/aromatic N) is 1. The highest BCUT2D eigenvalue weighted by Gasteiger charge is 3.08. The van der Waals surface area contributed by atoms with Crippen molar-refractivity contribution in [2.45, 2.75) is 66.2 Å². The van der Waals surface area contributed by atoms with Crippen molar-refractivity contribution in [3.63, 3.8) is 0 Å². The Bertz CT molecular complexity index is 739. The van der Waals surface area contributed by atoms with Gasteiger partial charge in [-0.25, -0.2) is 0 Å². The van der Waals surface area contributed by atoms with Gasteiger partial charge in [-0.05, 0) is 92.4 Å². The molecule has 7 unspecified atom stereocenters. The molecule has 23 heavy (non-hydrogen) atoms. The van der Waals surface area contributed by atoms with Gasteiger partial charge in [0.25, 0.3) is 0 Å². The molecule has 7 atom stereocenters. The van der Waals surface area contributed by atoms with Crippen molar-refractivity contribution in [3.05, 3.63) is 22.9 Å². The van der Waals surface area contributed by atoms with Crippen LogP contribution in [0.4, 0.5) is 0 Å². The van der Waals surface area contributed by atoms with Crippen LogP contribution in [0.25, 0.3) is 0 Å². The second-order valence-electron chi connectivity index (χ2n) is 9.36. The Morgan fingerprint density at radius 1 is 1.22 bits per heavy atom. The van der Waals surface area contributed by atoms with E-state index >= 15 is 0 Å². The largest absolute Gasteiger partial charge is 0.261 e. The third-order valence-electron chi connectivity index (χ3n) is 9.58. The average molecular weight is 307 g/mol. The molecule has 0 aliphatic heterocycles. The van der Waals surface area contributed by atoms with E-state index in [0.717, 1.165) is 30.1 Å². The zero-order chi connectivity index (χ0) is 15.8. The third kappa shape index (κ3) is 0.894. The Morgan fingerprint density at radius 3 is 2.61 bits per heavy atom. The molecule has 1 nitrogen and oxygen atoms in total. The molecule has 6 aliphatic carbocycles. The standard InChI is InChI=1S/C22H29N/c1-5-13(4)23-19-12(3)11-14(6-2)21(19)20-10-9-17(20)18-15-7-8-16(15)22(18,20)21/h11,15-18H,5-10H2,1-4H3. The van der Waals surface area contributed by atoms with E-state index in [9.17, 15) is 0 Å². The molecular formula is C22H29N. The smallest absolute Gasteiger partial charge is 0.0546 e. The first-order valence-electron chi connectivity index (χ1n) is 10.1. The summed E-state index contributed by atoms with van der Waals surface area (Å²) < 4.78 is 0. The summed E-state index contributed by atoms with van der Waals surface area (Å²) in [5, 5.41) is 0. The second-order valence-corrected chi connectivity index (χ2v) is 9.36. The van der Waals surface area contributed by atoms with Crippen molar-refractivity contribution in [2.75, 3.05) is 0 Å². The average Bonchev–Trinajstić information content (AvgIpc) is 2.96. The summed E-state index contributed by atoms with van der Waals surface area (Å²) >= 11 is 0. The van der Waals surface area contributed by atoms with Crippen LogP contribution >= 0.6 is 0 Å². The van der Waals surface area contributed by atoms with Crippen LogP contribution in [-0.2, 0) is 0 Å². The SMILES string of the molecule is CCC1=CC(C)=C(N=C(C)CC)C12C13CCC1C1C4CCC4C123. The molecule has 3 spiro atoms. The zero-order valence-electron chi connectivity index (χ0n) is 15.1. The van der Waals surface area contributed by atoms with Gasteiger partial charge < -0.3 is 0 Å². The lowest BCUT2D eigenvalue weighted by Crippen LogP contribution is -2.71. The monoisotopic (exact) mass is 307 g/mol. The Morgan fingerprint density at radius 2 is 2.04 bits per heavy atom. The third-order valence-corrected chi connectivity index (χ3v) is 9.58. The summed E-state index contributed by atoms with van der Waals surface area (Å²) in [5.41, 5.74) is 7.92. The van der Waals surface area contributed by atoms with Crippen LogP contribution in [0.5, 0.6) is 0 Å². The summed E-state index contributed by atoms with van der Waals surface area (Å²) in [6, 6.07) is 0. The van der Waals surface area contributed by atoms with Crippen LogP contribution in [0.3, 0.4) is 0 Å². The van der Waals surface area contributed by atoms with Crippen LogP contribution in [0.1, 0.15) is 66.2 Å². The molecule has 5 fully saturated rings. The van der Waals surface area contributed by atoms with Crippen LogP contribution < -0.4 is 0 Å². The van der Waals surface area contributed by atoms with Gasteiger partial charge in [-0.1, -0.05) is 25.5 Å². The summed E-state index contributed by atoms with van der Waals surface area (Å²) in [7, 11) is 0. The predicted octanol–water partition coefficient (Wildman–Crippen LogP) is 5.53. The van der Waals surface area contributed by atoms with E-state index in [-0.39, 0.29) is 0 Å². The maximum Gasteiger partial charge on any atom is 0.0546 e. The first kappa shape index (κ1) is 13.4. The maximum atomic E-state index is 5.28. The van der Waals surface area contributed by atoms with Gasteiger partial charge in [0.2, 0.25) is 0 Å². The molecule has 122 valence electrons. The van der Waals surface area contributed by atoms with Crippen molar-refractivity contribution >= 4 is 5.71 Å². The minimum Gasteiger partial charge on any atom is -0.261 e. The van der Waals surface area contributed by atoms with Crippen molar-refractivity contribution in [2.24, 2.45) is 44.9 Å². The Labute approximate surface area is 140 Å². The maximum absolute atomic E-state index is 5.28. The lowest BCUT2D eigenvalue weighted by Gasteiger charge is -2.76. The summed E-state index contributed by atoms with van der Waals surface area (Å²) in [6.45, 7) is 9.23. The van der Waals surface area contributed by atoms with Crippen molar-refractivity contribution < 1.29 is 0 Å². The van der Waals surface area contributed by atoms with Gasteiger partial charge in [0.15, 0.2) is 0 Å². The van der Waals surface area contributed by atoms with Crippen LogP contribution in [0, 0.1) is 39.9 Å². The quantitative estimate of drug-likeness (QED) is 0.608. The van der Waals surface area contributed by atoms with Crippen molar-refractivity contribution in [1.29, 1.82) is 0 Å². The number of hydrogen-bond acceptors (Lipinski definition) is 1. The molecule has 6 rings (SSSR count). The molecule has 0 heterocycles. The highest BCUT2D eigenvalue weighted by Crippen LogP contribution is 3.11. The van der Waals surface area contributed by atoms with Crippen LogP contribution in [-0.4, -0.2) is 5.71 Å². The normalized spacial score (nSPS) is 57.2. The molecular weight excluding hydrogens is 278 g/mol. The summed E-state index contributed by atoms with van der Waals surface area (Å²) in [5.74, 6) is 4.33. The van der Waals surface area contributed by atoms with E-state index in [0.29, 0.717) is 16.2 Å². The summed E-state index contributed by atoms with van der Waals surface area (Å²) in [4.78, 5) is 5.28. The van der Waals surface area contributed by atoms with Gasteiger partial charge >= 0.3 is 0 Å². The van der Waals surface area contributed by atoms with E-state index in [4.69, 9.17) is 4.99 Å². The fourth-order valence-corrected chi connectivity index (χ4v) is 9.09. The molecule has 0 aromatic carbocycles. The number of fused-ring (bicyclic) bond motifs is 3. The molecule has 5 saturated carbocycles. The van der Waals surface area contributed by atoms with E-state index in [1.807, 2.05) is 0 Å². The van der Waals surface area contributed by atoms with Gasteiger partial charge in [-0.2, -0.15) is 0 Å². The Kier molecular flexibility index (Phi) is 2.08. The van der Waals surface area contributed by atoms with Gasteiger partial charge in [-0.15, -0.1) is 0 Å². The molecule has 0 radical (unpaired) electrons. The number of aliphatic imine (C=N–C) groups is 1. The fraction of sp³-hybridized carbons (Fsp3) is 0.773. The van der Waals surface area contributed by atoms with Gasteiger partial charge in [-0.3, -0.25) is 4.99 Å². The number of hydrogen-bond donors (Lipinski definition) is 0. The lowest BCUT2D eigenvalue weighted by atomic mass is 9.28. The van der Waals surface area contributed by atoms with E-state index in [2.05, 4.69) is 33.8 Å². The molecule has 0 N–H and O–H groups in total. The molecule has 0 bridgehead atoms. The Balaban J connectivity index is 1.56. The second kappa shape index (κ2) is 3.55. The first-order chi connectivity index (χ1) is 11.1. The van der Waals surface area contributed by atoms with Gasteiger partial charge in [0, 0.05) is 11.1 Å². The molecule has 0 saturated heterocycles. The minimum atomic E-state index is 0.407. The highest BCUT2D eigenvalue weighted by atomic mass is 15.1. The molecule has 0 aromatic heterocycles. The van der Waals surface area contributed by atoms with Gasteiger partial charge in [0.05, 0.1) is 5.70 Å². The molecule has 1 heteroatoms. The van der Waals surface area contributed by atoms with Crippen molar-refractivity contribution in [3.8, 4) is 0 Å². The predicted molar refractivity (Wildman–Crippen MR) is 94.2 cm³/mol. The van der Waals surface area contributed by atoms with E-state index in [1.165, 1.54) is 42.7 Å². The highest BCUT2D eigenvalue weighted by molar-refractivity contribution is 5.84. The van der Waals surface area contributed by atoms with Crippen LogP contribution in [0.2, 0.25) is 0 Å². The number of allylic oxidation sites excluding steroid dienone is 3. The lowest BCUT2D eigenvalue weighted by molar-refractivity contribution is -0.288. The molecule has 0 amide bonds. The number of rotatable bonds is 3. The summed E-state index contributed by atoms with van der Waals surface area (Å²) in [6.07, 6.45) is 11.0. The first-order valence-corrected chi connectivity index (χ1v) is 10.1. The van der Waals surface area contributed by atoms with Crippen LogP contribution in [0.15, 0.2) is 27.9 Å². The van der Waals surface area contributed by atoms with Gasteiger partial charge in [0.1, 0.15) is 0 Å². The van der Waals surface area contributed by atoms with E-state index in [1.54, 1.807) is 12.0 Å². The van der Waals surface area contributed by atoms with Crippen molar-refractivity contribution in [1.82, 2.24) is 0 Å². The zero-order valence-corrected chi connectivity index (χ0v) is 15.1. The van der Waals surface area contributed by atoms with E-state index < -0.39 is 0 Å².